The van der Waals surface area contributed by atoms with Crippen molar-refractivity contribution < 1.29 is 4.74 Å². The second-order valence-corrected chi connectivity index (χ2v) is 4.24. The summed E-state index contributed by atoms with van der Waals surface area (Å²) in [6, 6.07) is 5.95. The first-order valence-corrected chi connectivity index (χ1v) is 5.82. The molecule has 1 aromatic carbocycles. The van der Waals surface area contributed by atoms with Crippen molar-refractivity contribution in [2.75, 3.05) is 19.7 Å². The molecule has 16 heavy (non-hydrogen) atoms. The van der Waals surface area contributed by atoms with Crippen LogP contribution in [0.1, 0.15) is 24.8 Å². The van der Waals surface area contributed by atoms with Crippen molar-refractivity contribution in [3.05, 3.63) is 28.8 Å². The van der Waals surface area contributed by atoms with Crippen LogP contribution in [-0.2, 0) is 0 Å². The highest BCUT2D eigenvalue weighted by Crippen LogP contribution is 2.32. The van der Waals surface area contributed by atoms with Gasteiger partial charge in [-0.3, -0.25) is 0 Å². The number of hydrogen-bond donors (Lipinski definition) is 1. The third kappa shape index (κ3) is 3.03. The molecular formula is C12H17Cl2NO. The Morgan fingerprint density at radius 3 is 2.94 bits per heavy atom. The maximum atomic E-state index is 5.96. The molecule has 4 heteroatoms. The summed E-state index contributed by atoms with van der Waals surface area (Å²) in [6.07, 6.45) is 1.18. The first-order valence-electron chi connectivity index (χ1n) is 5.44. The molecule has 1 aliphatic heterocycles. The molecule has 0 bridgehead atoms. The van der Waals surface area contributed by atoms with Crippen LogP contribution in [0.2, 0.25) is 5.02 Å². The molecule has 1 aromatic rings. The SMILES string of the molecule is CCOc1cc(Cl)ccc1C1CCNC1.Cl. The Labute approximate surface area is 108 Å². The van der Waals surface area contributed by atoms with Crippen molar-refractivity contribution >= 4 is 24.0 Å². The molecular weight excluding hydrogens is 245 g/mol. The smallest absolute Gasteiger partial charge is 0.124 e. The molecule has 1 fully saturated rings. The lowest BCUT2D eigenvalue weighted by Crippen LogP contribution is -2.09. The third-order valence-electron chi connectivity index (χ3n) is 2.78. The van der Waals surface area contributed by atoms with E-state index in [1.165, 1.54) is 12.0 Å². The van der Waals surface area contributed by atoms with Crippen LogP contribution >= 0.6 is 24.0 Å². The Morgan fingerprint density at radius 1 is 1.50 bits per heavy atom. The van der Waals surface area contributed by atoms with Gasteiger partial charge in [-0.15, -0.1) is 12.4 Å². The molecule has 2 rings (SSSR count). The standard InChI is InChI=1S/C12H16ClNO.ClH/c1-2-15-12-7-10(13)3-4-11(12)9-5-6-14-8-9;/h3-4,7,9,14H,2,5-6,8H2,1H3;1H. The summed E-state index contributed by atoms with van der Waals surface area (Å²) in [5, 5.41) is 4.11. The normalized spacial score (nSPS) is 19.2. The topological polar surface area (TPSA) is 21.3 Å². The highest BCUT2D eigenvalue weighted by Gasteiger charge is 2.20. The molecule has 1 unspecified atom stereocenters. The summed E-state index contributed by atoms with van der Waals surface area (Å²) in [5.74, 6) is 1.52. The van der Waals surface area contributed by atoms with E-state index in [1.807, 2.05) is 19.1 Å². The van der Waals surface area contributed by atoms with E-state index in [0.29, 0.717) is 12.5 Å². The molecule has 1 heterocycles. The summed E-state index contributed by atoms with van der Waals surface area (Å²) in [7, 11) is 0. The average molecular weight is 262 g/mol. The molecule has 0 spiro atoms. The summed E-state index contributed by atoms with van der Waals surface area (Å²) >= 11 is 5.96. The van der Waals surface area contributed by atoms with E-state index in [2.05, 4.69) is 11.4 Å². The minimum absolute atomic E-state index is 0. The maximum absolute atomic E-state index is 5.96. The zero-order valence-corrected chi connectivity index (χ0v) is 10.9. The van der Waals surface area contributed by atoms with E-state index < -0.39 is 0 Å². The molecule has 2 nitrogen and oxygen atoms in total. The van der Waals surface area contributed by atoms with Gasteiger partial charge in [-0.2, -0.15) is 0 Å². The molecule has 0 saturated carbocycles. The lowest BCUT2D eigenvalue weighted by atomic mass is 9.97. The lowest BCUT2D eigenvalue weighted by Gasteiger charge is -2.15. The van der Waals surface area contributed by atoms with Crippen molar-refractivity contribution in [3.63, 3.8) is 0 Å². The largest absolute Gasteiger partial charge is 0.494 e. The van der Waals surface area contributed by atoms with Crippen LogP contribution in [0.3, 0.4) is 0 Å². The van der Waals surface area contributed by atoms with Gasteiger partial charge in [0.05, 0.1) is 6.61 Å². The second kappa shape index (κ2) is 6.33. The molecule has 1 saturated heterocycles. The number of halogens is 2. The maximum Gasteiger partial charge on any atom is 0.124 e. The van der Waals surface area contributed by atoms with Crippen molar-refractivity contribution in [2.24, 2.45) is 0 Å². The number of nitrogens with one attached hydrogen (secondary N) is 1. The summed E-state index contributed by atoms with van der Waals surface area (Å²) < 4.78 is 5.62. The van der Waals surface area contributed by atoms with E-state index in [9.17, 15) is 0 Å². The molecule has 1 aliphatic rings. The predicted molar refractivity (Wildman–Crippen MR) is 70.1 cm³/mol. The average Bonchev–Trinajstić information content (AvgIpc) is 2.71. The summed E-state index contributed by atoms with van der Waals surface area (Å²) in [4.78, 5) is 0. The Bertz CT molecular complexity index is 338. The Hall–Kier alpha value is -0.440. The van der Waals surface area contributed by atoms with E-state index in [-0.39, 0.29) is 12.4 Å². The zero-order chi connectivity index (χ0) is 10.7. The van der Waals surface area contributed by atoms with Crippen molar-refractivity contribution in [3.8, 4) is 5.75 Å². The molecule has 90 valence electrons. The van der Waals surface area contributed by atoms with Crippen molar-refractivity contribution in [1.29, 1.82) is 0 Å². The van der Waals surface area contributed by atoms with Crippen LogP contribution in [0.5, 0.6) is 5.75 Å². The van der Waals surface area contributed by atoms with Gasteiger partial charge in [0.2, 0.25) is 0 Å². The van der Waals surface area contributed by atoms with Gasteiger partial charge in [-0.1, -0.05) is 17.7 Å². The highest BCUT2D eigenvalue weighted by molar-refractivity contribution is 6.30. The Morgan fingerprint density at radius 2 is 2.31 bits per heavy atom. The van der Waals surface area contributed by atoms with E-state index in [0.717, 1.165) is 23.9 Å². The quantitative estimate of drug-likeness (QED) is 0.902. The monoisotopic (exact) mass is 261 g/mol. The van der Waals surface area contributed by atoms with Crippen LogP contribution in [0.25, 0.3) is 0 Å². The first kappa shape index (κ1) is 13.6. The number of hydrogen-bond acceptors (Lipinski definition) is 2. The minimum Gasteiger partial charge on any atom is -0.494 e. The fraction of sp³-hybridized carbons (Fsp3) is 0.500. The van der Waals surface area contributed by atoms with Crippen LogP contribution < -0.4 is 10.1 Å². The molecule has 0 aliphatic carbocycles. The lowest BCUT2D eigenvalue weighted by molar-refractivity contribution is 0.334. The van der Waals surface area contributed by atoms with Gasteiger partial charge < -0.3 is 10.1 Å². The molecule has 1 N–H and O–H groups in total. The van der Waals surface area contributed by atoms with Crippen molar-refractivity contribution in [1.82, 2.24) is 5.32 Å². The fourth-order valence-electron chi connectivity index (χ4n) is 2.05. The van der Waals surface area contributed by atoms with Gasteiger partial charge in [-0.05, 0) is 37.6 Å². The molecule has 0 aromatic heterocycles. The third-order valence-corrected chi connectivity index (χ3v) is 3.01. The predicted octanol–water partition coefficient (Wildman–Crippen LogP) is 3.24. The first-order chi connectivity index (χ1) is 7.31. The van der Waals surface area contributed by atoms with Crippen LogP contribution in [-0.4, -0.2) is 19.7 Å². The van der Waals surface area contributed by atoms with Gasteiger partial charge in [0.25, 0.3) is 0 Å². The van der Waals surface area contributed by atoms with E-state index in [1.54, 1.807) is 0 Å². The van der Waals surface area contributed by atoms with Crippen LogP contribution in [0.4, 0.5) is 0 Å². The van der Waals surface area contributed by atoms with Crippen molar-refractivity contribution in [2.45, 2.75) is 19.3 Å². The second-order valence-electron chi connectivity index (χ2n) is 3.80. The number of benzene rings is 1. The molecule has 0 amide bonds. The highest BCUT2D eigenvalue weighted by atomic mass is 35.5. The Kier molecular flexibility index (Phi) is 5.39. The van der Waals surface area contributed by atoms with Crippen LogP contribution in [0, 0.1) is 0 Å². The van der Waals surface area contributed by atoms with E-state index in [4.69, 9.17) is 16.3 Å². The number of ether oxygens (including phenoxy) is 1. The summed E-state index contributed by atoms with van der Waals surface area (Å²) in [6.45, 7) is 4.83. The van der Waals surface area contributed by atoms with Gasteiger partial charge >= 0.3 is 0 Å². The minimum atomic E-state index is 0. The Balaban J connectivity index is 0.00000128. The van der Waals surface area contributed by atoms with Crippen LogP contribution in [0.15, 0.2) is 18.2 Å². The van der Waals surface area contributed by atoms with E-state index >= 15 is 0 Å². The van der Waals surface area contributed by atoms with Gasteiger partial charge in [0.15, 0.2) is 0 Å². The van der Waals surface area contributed by atoms with Gasteiger partial charge in [0.1, 0.15) is 5.75 Å². The summed E-state index contributed by atoms with van der Waals surface area (Å²) in [5.41, 5.74) is 1.28. The molecule has 0 radical (unpaired) electrons. The number of rotatable bonds is 3. The van der Waals surface area contributed by atoms with Gasteiger partial charge in [-0.25, -0.2) is 0 Å². The fourth-order valence-corrected chi connectivity index (χ4v) is 2.21. The molecule has 1 atom stereocenters. The zero-order valence-electron chi connectivity index (χ0n) is 9.33. The van der Waals surface area contributed by atoms with Gasteiger partial charge in [0, 0.05) is 17.5 Å².